The van der Waals surface area contributed by atoms with E-state index in [1.165, 1.54) is 36.7 Å². The first-order valence-corrected chi connectivity index (χ1v) is 7.61. The molecule has 0 saturated heterocycles. The van der Waals surface area contributed by atoms with Gasteiger partial charge in [0.1, 0.15) is 0 Å². The lowest BCUT2D eigenvalue weighted by molar-refractivity contribution is -0.137. The molecule has 1 N–H and O–H groups in total. The van der Waals surface area contributed by atoms with Crippen LogP contribution in [0.15, 0.2) is 47.5 Å². The molecule has 1 aromatic carbocycles. The maximum atomic E-state index is 13.2. The summed E-state index contributed by atoms with van der Waals surface area (Å²) in [4.78, 5) is 16.5. The normalized spacial score (nSPS) is 12.1. The van der Waals surface area contributed by atoms with E-state index in [2.05, 4.69) is 4.98 Å². The Bertz CT molecular complexity index is 1010. The molecule has 0 saturated carbocycles. The van der Waals surface area contributed by atoms with E-state index in [1.807, 2.05) is 13.8 Å². The molecule has 3 rings (SSSR count). The van der Waals surface area contributed by atoms with Gasteiger partial charge in [-0.1, -0.05) is 32.0 Å². The fraction of sp³-hybridized carbons (Fsp3) is 0.222. The SMILES string of the molecule is CC(C)c1cnc2c(O)c(-c3ccccc3C(F)(F)F)ccn2c1=O. The molecule has 3 aromatic rings. The third-order valence-electron chi connectivity index (χ3n) is 4.02. The molecular weight excluding hydrogens is 333 g/mol. The highest BCUT2D eigenvalue weighted by Crippen LogP contribution is 2.40. The minimum Gasteiger partial charge on any atom is -0.504 e. The lowest BCUT2D eigenvalue weighted by atomic mass is 9.99. The Hall–Kier alpha value is -2.83. The topological polar surface area (TPSA) is 54.6 Å². The van der Waals surface area contributed by atoms with Crippen molar-refractivity contribution < 1.29 is 18.3 Å². The lowest BCUT2D eigenvalue weighted by Gasteiger charge is -2.15. The molecular formula is C18H15F3N2O2. The van der Waals surface area contributed by atoms with E-state index in [0.717, 1.165) is 10.5 Å². The highest BCUT2D eigenvalue weighted by Gasteiger charge is 2.34. The number of nitrogens with zero attached hydrogens (tertiary/aromatic N) is 2. The molecule has 0 amide bonds. The summed E-state index contributed by atoms with van der Waals surface area (Å²) >= 11 is 0. The van der Waals surface area contributed by atoms with Gasteiger partial charge in [0.05, 0.1) is 5.56 Å². The fourth-order valence-corrected chi connectivity index (χ4v) is 2.72. The van der Waals surface area contributed by atoms with Crippen molar-refractivity contribution in [2.24, 2.45) is 0 Å². The van der Waals surface area contributed by atoms with Crippen LogP contribution >= 0.6 is 0 Å². The number of aromatic nitrogens is 2. The molecule has 0 bridgehead atoms. The van der Waals surface area contributed by atoms with Crippen molar-refractivity contribution in [1.82, 2.24) is 9.38 Å². The standard InChI is InChI=1S/C18H15F3N2O2/c1-10(2)13-9-22-16-15(24)12(7-8-23(16)17(13)25)11-5-3-4-6-14(11)18(19,20)21/h3-10,24H,1-2H3. The van der Waals surface area contributed by atoms with Gasteiger partial charge in [-0.3, -0.25) is 9.20 Å². The van der Waals surface area contributed by atoms with Crippen LogP contribution in [0.1, 0.15) is 30.9 Å². The van der Waals surface area contributed by atoms with Crippen LogP contribution in [0.3, 0.4) is 0 Å². The van der Waals surface area contributed by atoms with E-state index in [1.54, 1.807) is 0 Å². The second-order valence-corrected chi connectivity index (χ2v) is 5.99. The summed E-state index contributed by atoms with van der Waals surface area (Å²) in [5, 5.41) is 10.5. The molecule has 25 heavy (non-hydrogen) atoms. The molecule has 4 nitrogen and oxygen atoms in total. The van der Waals surface area contributed by atoms with Gasteiger partial charge >= 0.3 is 6.18 Å². The summed E-state index contributed by atoms with van der Waals surface area (Å²) in [7, 11) is 0. The second kappa shape index (κ2) is 5.91. The van der Waals surface area contributed by atoms with Gasteiger partial charge in [0.15, 0.2) is 11.4 Å². The highest BCUT2D eigenvalue weighted by molar-refractivity contribution is 5.79. The van der Waals surface area contributed by atoms with E-state index >= 15 is 0 Å². The van der Waals surface area contributed by atoms with Gasteiger partial charge in [-0.15, -0.1) is 0 Å². The summed E-state index contributed by atoms with van der Waals surface area (Å²) in [6.45, 7) is 3.66. The van der Waals surface area contributed by atoms with Gasteiger partial charge < -0.3 is 5.11 Å². The number of benzene rings is 1. The monoisotopic (exact) mass is 348 g/mol. The molecule has 0 fully saturated rings. The number of halogens is 3. The smallest absolute Gasteiger partial charge is 0.417 e. The minimum absolute atomic E-state index is 0.0304. The van der Waals surface area contributed by atoms with Crippen LogP contribution < -0.4 is 5.56 Å². The maximum absolute atomic E-state index is 13.2. The fourth-order valence-electron chi connectivity index (χ4n) is 2.72. The van der Waals surface area contributed by atoms with Gasteiger partial charge in [-0.05, 0) is 23.6 Å². The number of hydrogen-bond donors (Lipinski definition) is 1. The minimum atomic E-state index is -4.57. The second-order valence-electron chi connectivity index (χ2n) is 5.99. The molecule has 7 heteroatoms. The molecule has 0 atom stereocenters. The van der Waals surface area contributed by atoms with Gasteiger partial charge in [0.25, 0.3) is 5.56 Å². The predicted octanol–water partition coefficient (Wildman–Crippen LogP) is 4.21. The Balaban J connectivity index is 2.30. The quantitative estimate of drug-likeness (QED) is 0.755. The molecule has 2 aromatic heterocycles. The summed E-state index contributed by atoms with van der Waals surface area (Å²) in [5.41, 5.74) is -1.04. The number of aromatic hydroxyl groups is 1. The third kappa shape index (κ3) is 2.86. The van der Waals surface area contributed by atoms with Crippen LogP contribution in [0.25, 0.3) is 16.8 Å². The van der Waals surface area contributed by atoms with Crippen molar-refractivity contribution in [1.29, 1.82) is 0 Å². The number of fused-ring (bicyclic) bond motifs is 1. The largest absolute Gasteiger partial charge is 0.504 e. The van der Waals surface area contributed by atoms with Crippen molar-refractivity contribution >= 4 is 5.65 Å². The van der Waals surface area contributed by atoms with Crippen molar-refractivity contribution in [2.45, 2.75) is 25.9 Å². The molecule has 0 aliphatic heterocycles. The van der Waals surface area contributed by atoms with Crippen molar-refractivity contribution in [2.75, 3.05) is 0 Å². The Kier molecular flexibility index (Phi) is 4.02. The average Bonchev–Trinajstić information content (AvgIpc) is 2.55. The summed E-state index contributed by atoms with van der Waals surface area (Å²) in [6, 6.07) is 6.24. The van der Waals surface area contributed by atoms with E-state index < -0.39 is 17.5 Å². The molecule has 0 spiro atoms. The van der Waals surface area contributed by atoms with Gasteiger partial charge in [0, 0.05) is 23.5 Å². The lowest BCUT2D eigenvalue weighted by Crippen LogP contribution is -2.20. The summed E-state index contributed by atoms with van der Waals surface area (Å²) in [5.74, 6) is -0.531. The molecule has 0 aliphatic rings. The first-order chi connectivity index (χ1) is 11.7. The Morgan fingerprint density at radius 2 is 1.80 bits per heavy atom. The molecule has 2 heterocycles. The Labute approximate surface area is 141 Å². The zero-order valence-electron chi connectivity index (χ0n) is 13.5. The number of hydrogen-bond acceptors (Lipinski definition) is 3. The Morgan fingerprint density at radius 3 is 2.44 bits per heavy atom. The highest BCUT2D eigenvalue weighted by atomic mass is 19.4. The third-order valence-corrected chi connectivity index (χ3v) is 4.02. The van der Waals surface area contributed by atoms with E-state index in [0.29, 0.717) is 5.56 Å². The van der Waals surface area contributed by atoms with Crippen LogP contribution in [0, 0.1) is 0 Å². The van der Waals surface area contributed by atoms with Gasteiger partial charge in [-0.2, -0.15) is 13.2 Å². The zero-order valence-corrected chi connectivity index (χ0v) is 13.5. The molecule has 0 unspecified atom stereocenters. The molecule has 130 valence electrons. The number of rotatable bonds is 2. The molecule has 0 aliphatic carbocycles. The number of alkyl halides is 3. The first kappa shape index (κ1) is 17.0. The molecule has 0 radical (unpaired) electrons. The van der Waals surface area contributed by atoms with Crippen LogP contribution in [0.4, 0.5) is 13.2 Å². The van der Waals surface area contributed by atoms with Crippen LogP contribution in [0.5, 0.6) is 5.75 Å². The van der Waals surface area contributed by atoms with Crippen molar-refractivity contribution in [3.8, 4) is 16.9 Å². The van der Waals surface area contributed by atoms with Crippen molar-refractivity contribution in [3.05, 3.63) is 64.2 Å². The maximum Gasteiger partial charge on any atom is 0.417 e. The Morgan fingerprint density at radius 1 is 1.12 bits per heavy atom. The summed E-state index contributed by atoms with van der Waals surface area (Å²) < 4.78 is 40.8. The van der Waals surface area contributed by atoms with E-state index in [4.69, 9.17) is 0 Å². The first-order valence-electron chi connectivity index (χ1n) is 7.61. The average molecular weight is 348 g/mol. The van der Waals surface area contributed by atoms with Gasteiger partial charge in [-0.25, -0.2) is 4.98 Å². The van der Waals surface area contributed by atoms with E-state index in [9.17, 15) is 23.1 Å². The predicted molar refractivity (Wildman–Crippen MR) is 87.7 cm³/mol. The zero-order chi connectivity index (χ0) is 18.4. The van der Waals surface area contributed by atoms with Crippen molar-refractivity contribution in [3.63, 3.8) is 0 Å². The number of pyridine rings is 1. The van der Waals surface area contributed by atoms with Crippen LogP contribution in [-0.4, -0.2) is 14.5 Å². The van der Waals surface area contributed by atoms with Crippen LogP contribution in [0.2, 0.25) is 0 Å². The van der Waals surface area contributed by atoms with Crippen LogP contribution in [-0.2, 0) is 6.18 Å². The summed E-state index contributed by atoms with van der Waals surface area (Å²) in [6.07, 6.45) is -1.88. The van der Waals surface area contributed by atoms with E-state index in [-0.39, 0.29) is 28.3 Å². The van der Waals surface area contributed by atoms with Gasteiger partial charge in [0.2, 0.25) is 0 Å².